The number of nitrogens with zero attached hydrogens (tertiary/aromatic N) is 3. The van der Waals surface area contributed by atoms with E-state index in [9.17, 15) is 0 Å². The summed E-state index contributed by atoms with van der Waals surface area (Å²) in [5.74, 6) is 2.05. The Hall–Kier alpha value is -3.38. The standard InChI is InChI=1S/C23H23N3O3/c1-26(2)14-16-5-4-6-17(11-16)23-25-21-12-19(9-10-22(21)29-23)28-15-18-7-8-20(27-3)13-24-18/h4-13H,14-15H2,1-3H3. The number of hydrogen-bond donors (Lipinski definition) is 0. The van der Waals surface area contributed by atoms with E-state index in [-0.39, 0.29) is 0 Å². The predicted octanol–water partition coefficient (Wildman–Crippen LogP) is 4.54. The van der Waals surface area contributed by atoms with E-state index in [2.05, 4.69) is 41.1 Å². The molecule has 29 heavy (non-hydrogen) atoms. The molecule has 0 saturated carbocycles. The number of oxazole rings is 1. The SMILES string of the molecule is COc1ccc(COc2ccc3oc(-c4cccc(CN(C)C)c4)nc3c2)nc1. The lowest BCUT2D eigenvalue weighted by Gasteiger charge is -2.09. The highest BCUT2D eigenvalue weighted by atomic mass is 16.5. The molecule has 6 nitrogen and oxygen atoms in total. The Labute approximate surface area is 169 Å². The molecule has 0 unspecified atom stereocenters. The molecule has 0 saturated heterocycles. The molecule has 0 aliphatic carbocycles. The van der Waals surface area contributed by atoms with Gasteiger partial charge in [-0.05, 0) is 56.1 Å². The molecule has 2 aromatic heterocycles. The van der Waals surface area contributed by atoms with Gasteiger partial charge in [0, 0.05) is 18.2 Å². The van der Waals surface area contributed by atoms with E-state index < -0.39 is 0 Å². The van der Waals surface area contributed by atoms with Crippen molar-refractivity contribution in [2.24, 2.45) is 0 Å². The van der Waals surface area contributed by atoms with E-state index in [0.29, 0.717) is 12.5 Å². The van der Waals surface area contributed by atoms with Gasteiger partial charge in [0.05, 0.1) is 19.0 Å². The van der Waals surface area contributed by atoms with Crippen LogP contribution in [0.25, 0.3) is 22.6 Å². The lowest BCUT2D eigenvalue weighted by Crippen LogP contribution is -2.10. The molecule has 6 heteroatoms. The first kappa shape index (κ1) is 19.0. The van der Waals surface area contributed by atoms with Crippen molar-refractivity contribution in [1.29, 1.82) is 0 Å². The van der Waals surface area contributed by atoms with Crippen molar-refractivity contribution in [3.8, 4) is 23.0 Å². The lowest BCUT2D eigenvalue weighted by molar-refractivity contribution is 0.301. The van der Waals surface area contributed by atoms with Gasteiger partial charge in [0.1, 0.15) is 23.6 Å². The molecular weight excluding hydrogens is 366 g/mol. The second-order valence-corrected chi connectivity index (χ2v) is 7.06. The third-order valence-corrected chi connectivity index (χ3v) is 4.45. The summed E-state index contributed by atoms with van der Waals surface area (Å²) in [5.41, 5.74) is 4.49. The summed E-state index contributed by atoms with van der Waals surface area (Å²) in [7, 11) is 5.72. The van der Waals surface area contributed by atoms with Gasteiger partial charge in [0.15, 0.2) is 5.58 Å². The summed E-state index contributed by atoms with van der Waals surface area (Å²) < 4.78 is 16.9. The lowest BCUT2D eigenvalue weighted by atomic mass is 10.1. The quantitative estimate of drug-likeness (QED) is 0.462. The minimum atomic E-state index is 0.368. The van der Waals surface area contributed by atoms with E-state index in [4.69, 9.17) is 13.9 Å². The number of rotatable bonds is 7. The molecule has 0 aliphatic heterocycles. The van der Waals surface area contributed by atoms with Gasteiger partial charge >= 0.3 is 0 Å². The van der Waals surface area contributed by atoms with Crippen molar-refractivity contribution in [2.75, 3.05) is 21.2 Å². The van der Waals surface area contributed by atoms with Crippen LogP contribution in [0.5, 0.6) is 11.5 Å². The van der Waals surface area contributed by atoms with E-state index in [0.717, 1.165) is 40.4 Å². The van der Waals surface area contributed by atoms with Crippen molar-refractivity contribution < 1.29 is 13.9 Å². The smallest absolute Gasteiger partial charge is 0.227 e. The van der Waals surface area contributed by atoms with Crippen LogP contribution in [0.1, 0.15) is 11.3 Å². The number of aromatic nitrogens is 2. The minimum absolute atomic E-state index is 0.368. The van der Waals surface area contributed by atoms with Crippen LogP contribution in [0.2, 0.25) is 0 Å². The Morgan fingerprint density at radius 2 is 1.86 bits per heavy atom. The highest BCUT2D eigenvalue weighted by Gasteiger charge is 2.10. The van der Waals surface area contributed by atoms with Gasteiger partial charge in [0.25, 0.3) is 0 Å². The summed E-state index contributed by atoms with van der Waals surface area (Å²) in [6, 6.07) is 17.6. The van der Waals surface area contributed by atoms with Crippen molar-refractivity contribution in [1.82, 2.24) is 14.9 Å². The van der Waals surface area contributed by atoms with Gasteiger partial charge in [-0.1, -0.05) is 12.1 Å². The highest BCUT2D eigenvalue weighted by molar-refractivity contribution is 5.77. The van der Waals surface area contributed by atoms with E-state index >= 15 is 0 Å². The van der Waals surface area contributed by atoms with Crippen LogP contribution < -0.4 is 9.47 Å². The topological polar surface area (TPSA) is 60.6 Å². The molecule has 2 heterocycles. The third-order valence-electron chi connectivity index (χ3n) is 4.45. The first-order chi connectivity index (χ1) is 14.1. The molecule has 0 aliphatic rings. The molecule has 4 aromatic rings. The number of methoxy groups -OCH3 is 1. The maximum absolute atomic E-state index is 5.95. The van der Waals surface area contributed by atoms with E-state index in [1.165, 1.54) is 5.56 Å². The zero-order valence-corrected chi connectivity index (χ0v) is 16.8. The number of ether oxygens (including phenoxy) is 2. The second-order valence-electron chi connectivity index (χ2n) is 7.06. The Morgan fingerprint density at radius 3 is 2.62 bits per heavy atom. The Kier molecular flexibility index (Phi) is 5.44. The minimum Gasteiger partial charge on any atom is -0.495 e. The maximum atomic E-state index is 5.95. The van der Waals surface area contributed by atoms with Crippen LogP contribution in [0, 0.1) is 0 Å². The summed E-state index contributed by atoms with van der Waals surface area (Å²) >= 11 is 0. The summed E-state index contributed by atoms with van der Waals surface area (Å²) in [6.45, 7) is 1.23. The van der Waals surface area contributed by atoms with Gasteiger partial charge in [-0.15, -0.1) is 0 Å². The molecule has 4 rings (SSSR count). The largest absolute Gasteiger partial charge is 0.495 e. The van der Waals surface area contributed by atoms with E-state index in [1.54, 1.807) is 13.3 Å². The number of benzene rings is 2. The third kappa shape index (κ3) is 4.55. The van der Waals surface area contributed by atoms with Crippen molar-refractivity contribution in [3.05, 3.63) is 72.1 Å². The van der Waals surface area contributed by atoms with Crippen LogP contribution in [0.15, 0.2) is 65.2 Å². The van der Waals surface area contributed by atoms with E-state index in [1.807, 2.05) is 42.5 Å². The molecule has 0 radical (unpaired) electrons. The number of fused-ring (bicyclic) bond motifs is 1. The molecule has 0 spiro atoms. The van der Waals surface area contributed by atoms with Gasteiger partial charge in [-0.25, -0.2) is 4.98 Å². The average Bonchev–Trinajstić information content (AvgIpc) is 3.16. The monoisotopic (exact) mass is 389 g/mol. The molecular formula is C23H23N3O3. The fourth-order valence-electron chi connectivity index (χ4n) is 3.06. The van der Waals surface area contributed by atoms with Crippen LogP contribution in [0.3, 0.4) is 0 Å². The Morgan fingerprint density at radius 1 is 1.00 bits per heavy atom. The molecule has 0 fully saturated rings. The van der Waals surface area contributed by atoms with Crippen LogP contribution >= 0.6 is 0 Å². The summed E-state index contributed by atoms with van der Waals surface area (Å²) in [5, 5.41) is 0. The Balaban J connectivity index is 1.51. The predicted molar refractivity (Wildman–Crippen MR) is 112 cm³/mol. The average molecular weight is 389 g/mol. The van der Waals surface area contributed by atoms with Gasteiger partial charge in [-0.2, -0.15) is 0 Å². The van der Waals surface area contributed by atoms with Crippen molar-refractivity contribution in [2.45, 2.75) is 13.2 Å². The van der Waals surface area contributed by atoms with Crippen LogP contribution in [-0.2, 0) is 13.2 Å². The fourth-order valence-corrected chi connectivity index (χ4v) is 3.06. The number of hydrogen-bond acceptors (Lipinski definition) is 6. The summed E-state index contributed by atoms with van der Waals surface area (Å²) in [4.78, 5) is 11.1. The molecule has 148 valence electrons. The van der Waals surface area contributed by atoms with Gasteiger partial charge in [-0.3, -0.25) is 4.98 Å². The molecule has 2 aromatic carbocycles. The van der Waals surface area contributed by atoms with Crippen LogP contribution in [0.4, 0.5) is 0 Å². The van der Waals surface area contributed by atoms with Crippen molar-refractivity contribution >= 4 is 11.1 Å². The fraction of sp³-hybridized carbons (Fsp3) is 0.217. The van der Waals surface area contributed by atoms with Crippen molar-refractivity contribution in [3.63, 3.8) is 0 Å². The number of pyridine rings is 1. The van der Waals surface area contributed by atoms with Gasteiger partial charge in [0.2, 0.25) is 5.89 Å². The maximum Gasteiger partial charge on any atom is 0.227 e. The zero-order chi connectivity index (χ0) is 20.2. The molecule has 0 atom stereocenters. The molecule has 0 N–H and O–H groups in total. The molecule has 0 bridgehead atoms. The normalized spacial score (nSPS) is 11.2. The zero-order valence-electron chi connectivity index (χ0n) is 16.8. The summed E-state index contributed by atoms with van der Waals surface area (Å²) in [6.07, 6.45) is 1.68. The first-order valence-corrected chi connectivity index (χ1v) is 9.37. The van der Waals surface area contributed by atoms with Crippen LogP contribution in [-0.4, -0.2) is 36.1 Å². The highest BCUT2D eigenvalue weighted by Crippen LogP contribution is 2.28. The first-order valence-electron chi connectivity index (χ1n) is 9.37. The molecule has 0 amide bonds. The second kappa shape index (κ2) is 8.32. The Bertz CT molecular complexity index is 1100. The van der Waals surface area contributed by atoms with Gasteiger partial charge < -0.3 is 18.8 Å².